The molecule has 6 heteroatoms. The van der Waals surface area contributed by atoms with Crippen molar-refractivity contribution in [3.63, 3.8) is 0 Å². The molecule has 1 N–H and O–H groups in total. The molecule has 0 aromatic heterocycles. The van der Waals surface area contributed by atoms with E-state index in [2.05, 4.69) is 0 Å². The first-order valence-corrected chi connectivity index (χ1v) is 8.63. The van der Waals surface area contributed by atoms with Crippen LogP contribution in [-0.2, 0) is 0 Å². The van der Waals surface area contributed by atoms with Gasteiger partial charge in [0.1, 0.15) is 23.2 Å². The van der Waals surface area contributed by atoms with E-state index in [1.807, 2.05) is 52.9 Å². The van der Waals surface area contributed by atoms with Gasteiger partial charge in [-0.2, -0.15) is 5.26 Å². The maximum absolute atomic E-state index is 13.1. The van der Waals surface area contributed by atoms with Crippen LogP contribution in [0.15, 0.2) is 36.4 Å². The molecule has 2 aromatic carbocycles. The number of phenols is 1. The molecule has 120 valence electrons. The molecule has 2 aromatic rings. The van der Waals surface area contributed by atoms with Crippen molar-refractivity contribution in [1.82, 2.24) is 0 Å². The lowest BCUT2D eigenvalue weighted by molar-refractivity contribution is 0.0943. The van der Waals surface area contributed by atoms with Crippen LogP contribution in [-0.4, -0.2) is 23.2 Å². The summed E-state index contributed by atoms with van der Waals surface area (Å²) in [6, 6.07) is 12.5. The summed E-state index contributed by atoms with van der Waals surface area (Å²) >= 11 is 1.93. The van der Waals surface area contributed by atoms with Crippen LogP contribution in [0.1, 0.15) is 28.8 Å². The largest absolute Gasteiger partial charge is 0.505 e. The van der Waals surface area contributed by atoms with Gasteiger partial charge >= 0.3 is 0 Å². The van der Waals surface area contributed by atoms with Gasteiger partial charge < -0.3 is 14.7 Å². The van der Waals surface area contributed by atoms with Gasteiger partial charge in [0.05, 0.1) is 21.4 Å². The molecule has 1 fully saturated rings. The van der Waals surface area contributed by atoms with Crippen LogP contribution >= 0.6 is 22.6 Å². The second-order valence-electron chi connectivity index (χ2n) is 6.11. The van der Waals surface area contributed by atoms with E-state index in [9.17, 15) is 9.90 Å². The van der Waals surface area contributed by atoms with Gasteiger partial charge in [-0.1, -0.05) is 12.1 Å². The topological polar surface area (TPSA) is 73.6 Å². The molecule has 0 unspecified atom stereocenters. The summed E-state index contributed by atoms with van der Waals surface area (Å²) in [4.78, 5) is 14.8. The molecule has 0 atom stereocenters. The number of carbonyl (C=O) groups excluding carboxylic acids is 1. The van der Waals surface area contributed by atoms with E-state index in [0.29, 0.717) is 21.4 Å². The third-order valence-corrected chi connectivity index (χ3v) is 5.23. The maximum Gasteiger partial charge on any atom is 0.258 e. The van der Waals surface area contributed by atoms with E-state index in [0.717, 1.165) is 18.5 Å². The van der Waals surface area contributed by atoms with Gasteiger partial charge in [0.2, 0.25) is 0 Å². The number of aromatic hydroxyl groups is 1. The second-order valence-corrected chi connectivity index (χ2v) is 7.27. The lowest BCUT2D eigenvalue weighted by Gasteiger charge is -2.35. The number of anilines is 1. The molecule has 1 amide bonds. The first-order valence-electron chi connectivity index (χ1n) is 7.55. The highest BCUT2D eigenvalue weighted by atomic mass is 127. The number of hydrogen-bond donors (Lipinski definition) is 1. The molecule has 1 heterocycles. The number of amides is 1. The molecule has 4 rings (SSSR count). The Morgan fingerprint density at radius 2 is 2.08 bits per heavy atom. The number of fused-ring (bicyclic) bond motifs is 1. The number of nitriles is 1. The Balaban J connectivity index is 1.78. The smallest absolute Gasteiger partial charge is 0.258 e. The van der Waals surface area contributed by atoms with Gasteiger partial charge in [-0.05, 0) is 59.7 Å². The molecule has 24 heavy (non-hydrogen) atoms. The summed E-state index contributed by atoms with van der Waals surface area (Å²) in [6.45, 7) is 0.502. The summed E-state index contributed by atoms with van der Waals surface area (Å²) in [5.74, 6) is 0.436. The zero-order valence-corrected chi connectivity index (χ0v) is 14.8. The first-order chi connectivity index (χ1) is 11.5. The molecule has 0 saturated heterocycles. The molecule has 2 aliphatic rings. The SMILES string of the molecule is N#Cc1cc(C(=O)N2CC3(CC3)Oc3ccccc32)cc(I)c1O. The Bertz CT molecular complexity index is 900. The van der Waals surface area contributed by atoms with Crippen molar-refractivity contribution in [1.29, 1.82) is 5.26 Å². The monoisotopic (exact) mass is 432 g/mol. The molecule has 1 aliphatic carbocycles. The average Bonchev–Trinajstić information content (AvgIpc) is 3.34. The Morgan fingerprint density at radius 1 is 1.33 bits per heavy atom. The van der Waals surface area contributed by atoms with Crippen molar-refractivity contribution in [2.45, 2.75) is 18.4 Å². The summed E-state index contributed by atoms with van der Waals surface area (Å²) in [7, 11) is 0. The van der Waals surface area contributed by atoms with Crippen LogP contribution in [0.5, 0.6) is 11.5 Å². The van der Waals surface area contributed by atoms with Crippen molar-refractivity contribution in [3.8, 4) is 17.6 Å². The minimum Gasteiger partial charge on any atom is -0.505 e. The molecule has 0 radical (unpaired) electrons. The molecule has 1 spiro atoms. The molecule has 0 bridgehead atoms. The average molecular weight is 432 g/mol. The van der Waals surface area contributed by atoms with Crippen molar-refractivity contribution in [2.24, 2.45) is 0 Å². The fourth-order valence-corrected chi connectivity index (χ4v) is 3.58. The van der Waals surface area contributed by atoms with Crippen molar-refractivity contribution >= 4 is 34.2 Å². The number of nitrogens with zero attached hydrogens (tertiary/aromatic N) is 2. The lowest BCUT2D eigenvalue weighted by Crippen LogP contribution is -2.45. The number of phenolic OH excluding ortho intramolecular Hbond substituents is 1. The highest BCUT2D eigenvalue weighted by molar-refractivity contribution is 14.1. The number of halogens is 1. The van der Waals surface area contributed by atoms with Gasteiger partial charge in [-0.15, -0.1) is 0 Å². The molecular formula is C18H13IN2O3. The van der Waals surface area contributed by atoms with Crippen LogP contribution in [0.2, 0.25) is 0 Å². The number of para-hydroxylation sites is 2. The third kappa shape index (κ3) is 2.40. The second kappa shape index (κ2) is 5.38. The van der Waals surface area contributed by atoms with Crippen LogP contribution in [0, 0.1) is 14.9 Å². The molecular weight excluding hydrogens is 419 g/mol. The highest BCUT2D eigenvalue weighted by Gasteiger charge is 2.51. The van der Waals surface area contributed by atoms with E-state index >= 15 is 0 Å². The number of benzene rings is 2. The van der Waals surface area contributed by atoms with Gasteiger partial charge in [-0.25, -0.2) is 0 Å². The minimum absolute atomic E-state index is 0.0873. The molecule has 5 nitrogen and oxygen atoms in total. The summed E-state index contributed by atoms with van der Waals surface area (Å²) in [6.07, 6.45) is 1.86. The quantitative estimate of drug-likeness (QED) is 0.701. The van der Waals surface area contributed by atoms with Crippen molar-refractivity contribution in [2.75, 3.05) is 11.4 Å². The number of hydrogen-bond acceptors (Lipinski definition) is 4. The Kier molecular flexibility index (Phi) is 3.42. The van der Waals surface area contributed by atoms with Gasteiger partial charge in [0.25, 0.3) is 5.91 Å². The summed E-state index contributed by atoms with van der Waals surface area (Å²) < 4.78 is 6.53. The van der Waals surface area contributed by atoms with Crippen molar-refractivity contribution < 1.29 is 14.6 Å². The van der Waals surface area contributed by atoms with E-state index < -0.39 is 0 Å². The predicted molar refractivity (Wildman–Crippen MR) is 96.3 cm³/mol. The van der Waals surface area contributed by atoms with E-state index in [-0.39, 0.29) is 22.8 Å². The maximum atomic E-state index is 13.1. The van der Waals surface area contributed by atoms with E-state index in [4.69, 9.17) is 10.00 Å². The van der Waals surface area contributed by atoms with Crippen molar-refractivity contribution in [3.05, 3.63) is 51.1 Å². The lowest BCUT2D eigenvalue weighted by atomic mass is 10.1. The zero-order valence-electron chi connectivity index (χ0n) is 12.6. The van der Waals surface area contributed by atoms with Gasteiger partial charge in [-0.3, -0.25) is 4.79 Å². The van der Waals surface area contributed by atoms with Crippen LogP contribution in [0.3, 0.4) is 0 Å². The normalized spacial score (nSPS) is 16.9. The van der Waals surface area contributed by atoms with E-state index in [1.54, 1.807) is 11.0 Å². The Labute approximate surface area is 152 Å². The Hall–Kier alpha value is -2.27. The fourth-order valence-electron chi connectivity index (χ4n) is 2.95. The highest BCUT2D eigenvalue weighted by Crippen LogP contribution is 2.48. The van der Waals surface area contributed by atoms with Crippen LogP contribution in [0.25, 0.3) is 0 Å². The minimum atomic E-state index is -0.272. The van der Waals surface area contributed by atoms with E-state index in [1.165, 1.54) is 6.07 Å². The van der Waals surface area contributed by atoms with Gasteiger partial charge in [0.15, 0.2) is 0 Å². The molecule has 1 saturated carbocycles. The van der Waals surface area contributed by atoms with Gasteiger partial charge in [0, 0.05) is 5.56 Å². The fraction of sp³-hybridized carbons (Fsp3) is 0.222. The standard InChI is InChI=1S/C18H13IN2O3/c19-13-8-11(7-12(9-20)16(13)22)17(23)21-10-18(5-6-18)24-15-4-2-1-3-14(15)21/h1-4,7-8,22H,5-6,10H2. The summed E-state index contributed by atoms with van der Waals surface area (Å²) in [5, 5.41) is 19.0. The van der Waals surface area contributed by atoms with Crippen LogP contribution in [0.4, 0.5) is 5.69 Å². The number of carbonyl (C=O) groups is 1. The van der Waals surface area contributed by atoms with Crippen LogP contribution < -0.4 is 9.64 Å². The first kappa shape index (κ1) is 15.3. The number of ether oxygens (including phenoxy) is 1. The molecule has 1 aliphatic heterocycles. The number of rotatable bonds is 1. The zero-order chi connectivity index (χ0) is 16.9. The predicted octanol–water partition coefficient (Wildman–Crippen LogP) is 3.44. The summed E-state index contributed by atoms with van der Waals surface area (Å²) in [5.41, 5.74) is 0.961. The third-order valence-electron chi connectivity index (χ3n) is 4.41. The Morgan fingerprint density at radius 3 is 2.79 bits per heavy atom.